The smallest absolute Gasteiger partial charge is 0.229 e. The summed E-state index contributed by atoms with van der Waals surface area (Å²) in [4.78, 5) is 15.2. The van der Waals surface area contributed by atoms with E-state index in [1.54, 1.807) is 33.0 Å². The lowest BCUT2D eigenvalue weighted by Gasteiger charge is -2.19. The Morgan fingerprint density at radius 2 is 1.82 bits per heavy atom. The van der Waals surface area contributed by atoms with Crippen molar-refractivity contribution >= 4 is 44.8 Å². The monoisotopic (exact) mass is 407 g/mol. The van der Waals surface area contributed by atoms with Crippen molar-refractivity contribution in [3.63, 3.8) is 0 Å². The molecule has 0 fully saturated rings. The van der Waals surface area contributed by atoms with Gasteiger partial charge in [-0.3, -0.25) is 4.79 Å². The molecular formula is C19H19F2N3O3S. The van der Waals surface area contributed by atoms with Gasteiger partial charge in [-0.25, -0.2) is 21.5 Å². The summed E-state index contributed by atoms with van der Waals surface area (Å²) in [5.41, 5.74) is 0.194. The third-order valence-corrected chi connectivity index (χ3v) is 4.91. The summed E-state index contributed by atoms with van der Waals surface area (Å²) in [5.74, 6) is -1.81. The first-order chi connectivity index (χ1) is 13.1. The van der Waals surface area contributed by atoms with Crippen molar-refractivity contribution in [2.75, 3.05) is 9.62 Å². The molecule has 2 N–H and O–H groups in total. The number of nitrogens with zero attached hydrogens (tertiary/aromatic N) is 1. The van der Waals surface area contributed by atoms with Crippen LogP contribution in [0.3, 0.4) is 0 Å². The summed E-state index contributed by atoms with van der Waals surface area (Å²) in [7, 11) is -3.28. The van der Waals surface area contributed by atoms with Crippen LogP contribution in [-0.4, -0.2) is 19.3 Å². The summed E-state index contributed by atoms with van der Waals surface area (Å²) in [6.45, 7) is 5.35. The fraction of sp³-hybridized carbons (Fsp3) is 0.211. The number of hydrogen-bond donors (Lipinski definition) is 3. The summed E-state index contributed by atoms with van der Waals surface area (Å²) in [5, 5.41) is 3.47. The highest BCUT2D eigenvalue weighted by Gasteiger charge is 2.23. The Bertz CT molecular complexity index is 1130. The predicted octanol–water partition coefficient (Wildman–Crippen LogP) is 4.10. The number of halogens is 2. The highest BCUT2D eigenvalue weighted by Crippen LogP contribution is 2.33. The standard InChI is InChI=1S/C19H19F2N3O3S/c1-19(2,3)18(25)23-16-10-22-15-9-12(5-6-13(15)16)24(28(26)27)17-8-11(20)4-7-14(17)21/h4-10,22,28H,1-3H3,(H,23,25). The average molecular weight is 407 g/mol. The minimum Gasteiger partial charge on any atom is -0.359 e. The van der Waals surface area contributed by atoms with Crippen LogP contribution in [0, 0.1) is 17.0 Å². The highest BCUT2D eigenvalue weighted by molar-refractivity contribution is 7.74. The molecule has 0 atom stereocenters. The van der Waals surface area contributed by atoms with E-state index in [0.717, 1.165) is 18.2 Å². The number of aromatic nitrogens is 1. The number of thiol groups is 1. The number of nitrogens with one attached hydrogen (secondary N) is 2. The number of anilines is 3. The molecule has 0 saturated heterocycles. The summed E-state index contributed by atoms with van der Waals surface area (Å²) >= 11 is 0. The third-order valence-electron chi connectivity index (χ3n) is 4.14. The second kappa shape index (κ2) is 7.23. The molecule has 0 radical (unpaired) electrons. The third kappa shape index (κ3) is 3.84. The molecule has 0 aliphatic rings. The molecule has 2 aromatic carbocycles. The first kappa shape index (κ1) is 19.8. The SMILES string of the molecule is CC(C)(C)C(=O)Nc1c[nH]c2cc(N(c3cc(F)ccc3F)[SH](=O)=O)ccc12. The summed E-state index contributed by atoms with van der Waals surface area (Å²) < 4.78 is 51.9. The van der Waals surface area contributed by atoms with Crippen LogP contribution in [0.5, 0.6) is 0 Å². The maximum atomic E-state index is 14.1. The Labute approximate surface area is 162 Å². The van der Waals surface area contributed by atoms with Crippen molar-refractivity contribution in [1.82, 2.24) is 4.98 Å². The second-order valence-electron chi connectivity index (χ2n) is 7.28. The predicted molar refractivity (Wildman–Crippen MR) is 105 cm³/mol. The van der Waals surface area contributed by atoms with Crippen LogP contribution in [0.2, 0.25) is 0 Å². The molecule has 6 nitrogen and oxygen atoms in total. The van der Waals surface area contributed by atoms with Gasteiger partial charge >= 0.3 is 0 Å². The summed E-state index contributed by atoms with van der Waals surface area (Å²) in [6, 6.07) is 7.13. The quantitative estimate of drug-likeness (QED) is 0.570. The Morgan fingerprint density at radius 3 is 2.46 bits per heavy atom. The van der Waals surface area contributed by atoms with Crippen LogP contribution < -0.4 is 9.62 Å². The zero-order chi connectivity index (χ0) is 20.6. The Hall–Kier alpha value is -2.94. The van der Waals surface area contributed by atoms with Crippen molar-refractivity contribution in [1.29, 1.82) is 0 Å². The molecule has 0 bridgehead atoms. The van der Waals surface area contributed by atoms with Gasteiger partial charge in [-0.1, -0.05) is 20.8 Å². The number of rotatable bonds is 4. The summed E-state index contributed by atoms with van der Waals surface area (Å²) in [6.07, 6.45) is 1.59. The first-order valence-electron chi connectivity index (χ1n) is 8.40. The minimum atomic E-state index is -3.28. The van der Waals surface area contributed by atoms with Crippen LogP contribution in [0.4, 0.5) is 25.8 Å². The van der Waals surface area contributed by atoms with E-state index in [9.17, 15) is 22.0 Å². The van der Waals surface area contributed by atoms with E-state index in [1.165, 1.54) is 12.1 Å². The van der Waals surface area contributed by atoms with Crippen molar-refractivity contribution in [3.8, 4) is 0 Å². The zero-order valence-corrected chi connectivity index (χ0v) is 16.3. The van der Waals surface area contributed by atoms with Gasteiger partial charge in [-0.05, 0) is 30.3 Å². The van der Waals surface area contributed by atoms with E-state index in [-0.39, 0.29) is 11.6 Å². The van der Waals surface area contributed by atoms with E-state index < -0.39 is 33.6 Å². The molecule has 1 amide bonds. The van der Waals surface area contributed by atoms with Gasteiger partial charge in [-0.2, -0.15) is 0 Å². The second-order valence-corrected chi connectivity index (χ2v) is 8.16. The van der Waals surface area contributed by atoms with Gasteiger partial charge in [0.05, 0.1) is 17.1 Å². The van der Waals surface area contributed by atoms with Gasteiger partial charge in [0.2, 0.25) is 16.8 Å². The Balaban J connectivity index is 2.04. The van der Waals surface area contributed by atoms with Gasteiger partial charge in [-0.15, -0.1) is 0 Å². The lowest BCUT2D eigenvalue weighted by atomic mass is 9.95. The topological polar surface area (TPSA) is 82.3 Å². The molecular weight excluding hydrogens is 388 g/mol. The van der Waals surface area contributed by atoms with E-state index >= 15 is 0 Å². The lowest BCUT2D eigenvalue weighted by Crippen LogP contribution is -2.27. The number of amides is 1. The van der Waals surface area contributed by atoms with Crippen molar-refractivity contribution in [2.24, 2.45) is 5.41 Å². The van der Waals surface area contributed by atoms with Gasteiger partial charge in [0.1, 0.15) is 11.6 Å². The molecule has 0 spiro atoms. The minimum absolute atomic E-state index is 0.128. The van der Waals surface area contributed by atoms with Crippen LogP contribution in [0.25, 0.3) is 10.9 Å². The number of fused-ring (bicyclic) bond motifs is 1. The fourth-order valence-electron chi connectivity index (χ4n) is 2.63. The molecule has 3 rings (SSSR count). The molecule has 1 heterocycles. The zero-order valence-electron chi connectivity index (χ0n) is 15.4. The highest BCUT2D eigenvalue weighted by atomic mass is 32.2. The van der Waals surface area contributed by atoms with Crippen molar-refractivity contribution in [2.45, 2.75) is 20.8 Å². The van der Waals surface area contributed by atoms with E-state index in [1.807, 2.05) is 0 Å². The number of H-pyrrole nitrogens is 1. The maximum absolute atomic E-state index is 14.1. The molecule has 3 aromatic rings. The molecule has 1 aromatic heterocycles. The van der Waals surface area contributed by atoms with Crippen LogP contribution in [-0.2, 0) is 15.7 Å². The van der Waals surface area contributed by atoms with Gasteiger partial charge in [0.15, 0.2) is 0 Å². The van der Waals surface area contributed by atoms with Crippen LogP contribution >= 0.6 is 0 Å². The van der Waals surface area contributed by atoms with Gasteiger partial charge in [0.25, 0.3) is 0 Å². The molecule has 0 unspecified atom stereocenters. The molecule has 9 heteroatoms. The van der Waals surface area contributed by atoms with Crippen molar-refractivity contribution < 1.29 is 22.0 Å². The van der Waals surface area contributed by atoms with E-state index in [4.69, 9.17) is 0 Å². The maximum Gasteiger partial charge on any atom is 0.229 e. The number of carbonyl (C=O) groups excluding carboxylic acids is 1. The number of benzene rings is 2. The van der Waals surface area contributed by atoms with E-state index in [2.05, 4.69) is 10.3 Å². The van der Waals surface area contributed by atoms with Crippen LogP contribution in [0.15, 0.2) is 42.6 Å². The number of aromatic amines is 1. The largest absolute Gasteiger partial charge is 0.359 e. The number of hydrogen-bond acceptors (Lipinski definition) is 3. The lowest BCUT2D eigenvalue weighted by molar-refractivity contribution is -0.123. The van der Waals surface area contributed by atoms with Gasteiger partial charge in [0, 0.05) is 28.6 Å². The van der Waals surface area contributed by atoms with E-state index in [0.29, 0.717) is 20.9 Å². The molecule has 0 aliphatic heterocycles. The Morgan fingerprint density at radius 1 is 1.11 bits per heavy atom. The van der Waals surface area contributed by atoms with Crippen molar-refractivity contribution in [3.05, 3.63) is 54.2 Å². The first-order valence-corrected chi connectivity index (χ1v) is 9.53. The molecule has 0 saturated carbocycles. The van der Waals surface area contributed by atoms with Crippen LogP contribution in [0.1, 0.15) is 20.8 Å². The van der Waals surface area contributed by atoms with Gasteiger partial charge < -0.3 is 10.3 Å². The molecule has 28 heavy (non-hydrogen) atoms. The number of carbonyl (C=O) groups is 1. The fourth-order valence-corrected chi connectivity index (χ4v) is 3.27. The Kier molecular flexibility index (Phi) is 5.12. The molecule has 0 aliphatic carbocycles. The molecule has 148 valence electrons. The average Bonchev–Trinajstić information content (AvgIpc) is 2.99. The normalized spacial score (nSPS) is 11.8.